The monoisotopic (exact) mass is 263 g/mol. The molecule has 5 nitrogen and oxygen atoms in total. The maximum Gasteiger partial charge on any atom is 0.273 e. The first-order chi connectivity index (χ1) is 9.11. The van der Waals surface area contributed by atoms with Crippen molar-refractivity contribution in [2.75, 3.05) is 0 Å². The lowest BCUT2D eigenvalue weighted by molar-refractivity contribution is -0.384. The van der Waals surface area contributed by atoms with E-state index in [9.17, 15) is 14.5 Å². The number of hydrogen-bond donors (Lipinski definition) is 1. The third-order valence-corrected chi connectivity index (χ3v) is 2.49. The molecule has 0 spiro atoms. The summed E-state index contributed by atoms with van der Waals surface area (Å²) in [5, 5.41) is 19.7. The molecule has 0 bridgehead atoms. The van der Waals surface area contributed by atoms with Gasteiger partial charge in [0.1, 0.15) is 17.3 Å². The van der Waals surface area contributed by atoms with Crippen LogP contribution < -0.4 is 4.74 Å². The second kappa shape index (κ2) is 5.45. The maximum atomic E-state index is 13.4. The minimum Gasteiger partial charge on any atom is -0.457 e. The molecule has 0 atom stereocenters. The number of aliphatic hydroxyl groups is 1. The van der Waals surface area contributed by atoms with Gasteiger partial charge in [0.15, 0.2) is 0 Å². The molecule has 0 aliphatic rings. The molecule has 0 aromatic heterocycles. The minimum absolute atomic E-state index is 0.00834. The van der Waals surface area contributed by atoms with Gasteiger partial charge in [-0.05, 0) is 18.2 Å². The Kier molecular flexibility index (Phi) is 3.72. The SMILES string of the molecule is O=[N+]([O-])c1cccc(Oc2cccc(F)c2CO)c1. The molecule has 0 aliphatic heterocycles. The maximum absolute atomic E-state index is 13.4. The summed E-state index contributed by atoms with van der Waals surface area (Å²) in [6.45, 7) is -0.517. The number of benzene rings is 2. The molecular formula is C13H10FNO4. The summed E-state index contributed by atoms with van der Waals surface area (Å²) in [6.07, 6.45) is 0. The van der Waals surface area contributed by atoms with Crippen LogP contribution in [0.2, 0.25) is 0 Å². The summed E-state index contributed by atoms with van der Waals surface area (Å²) >= 11 is 0. The Morgan fingerprint density at radius 2 is 2.00 bits per heavy atom. The van der Waals surface area contributed by atoms with Gasteiger partial charge in [-0.2, -0.15) is 0 Å². The first-order valence-electron chi connectivity index (χ1n) is 5.42. The van der Waals surface area contributed by atoms with E-state index in [0.717, 1.165) is 0 Å². The number of hydrogen-bond acceptors (Lipinski definition) is 4. The Balaban J connectivity index is 2.33. The lowest BCUT2D eigenvalue weighted by Gasteiger charge is -2.10. The smallest absolute Gasteiger partial charge is 0.273 e. The summed E-state index contributed by atoms with van der Waals surface area (Å²) < 4.78 is 18.8. The molecule has 2 rings (SSSR count). The average molecular weight is 263 g/mol. The quantitative estimate of drug-likeness (QED) is 0.679. The van der Waals surface area contributed by atoms with Crippen molar-refractivity contribution in [1.29, 1.82) is 0 Å². The fraction of sp³-hybridized carbons (Fsp3) is 0.0769. The van der Waals surface area contributed by atoms with Crippen molar-refractivity contribution in [2.45, 2.75) is 6.61 Å². The van der Waals surface area contributed by atoms with E-state index in [2.05, 4.69) is 0 Å². The number of aliphatic hydroxyl groups excluding tert-OH is 1. The van der Waals surface area contributed by atoms with Gasteiger partial charge in [-0.15, -0.1) is 0 Å². The van der Waals surface area contributed by atoms with E-state index in [1.807, 2.05) is 0 Å². The van der Waals surface area contributed by atoms with Crippen molar-refractivity contribution in [3.8, 4) is 11.5 Å². The molecule has 1 N–H and O–H groups in total. The molecule has 0 aliphatic carbocycles. The topological polar surface area (TPSA) is 72.6 Å². The highest BCUT2D eigenvalue weighted by Gasteiger charge is 2.11. The Morgan fingerprint density at radius 3 is 2.68 bits per heavy atom. The van der Waals surface area contributed by atoms with Gasteiger partial charge in [0.05, 0.1) is 23.2 Å². The Labute approximate surface area is 108 Å². The van der Waals surface area contributed by atoms with Crippen LogP contribution in [-0.4, -0.2) is 10.0 Å². The predicted octanol–water partition coefficient (Wildman–Crippen LogP) is 3.02. The van der Waals surface area contributed by atoms with Crippen LogP contribution in [-0.2, 0) is 6.61 Å². The highest BCUT2D eigenvalue weighted by atomic mass is 19.1. The van der Waals surface area contributed by atoms with Gasteiger partial charge in [0.25, 0.3) is 5.69 Å². The van der Waals surface area contributed by atoms with Gasteiger partial charge in [0, 0.05) is 6.07 Å². The molecule has 0 unspecified atom stereocenters. The fourth-order valence-corrected chi connectivity index (χ4v) is 1.58. The number of nitro groups is 1. The lowest BCUT2D eigenvalue weighted by Crippen LogP contribution is -1.96. The van der Waals surface area contributed by atoms with E-state index in [4.69, 9.17) is 9.84 Å². The van der Waals surface area contributed by atoms with Crippen LogP contribution in [0.1, 0.15) is 5.56 Å². The highest BCUT2D eigenvalue weighted by molar-refractivity contribution is 5.42. The second-order valence-corrected chi connectivity index (χ2v) is 3.73. The molecule has 0 amide bonds. The van der Waals surface area contributed by atoms with Crippen molar-refractivity contribution in [3.63, 3.8) is 0 Å². The summed E-state index contributed by atoms with van der Waals surface area (Å²) in [6, 6.07) is 9.64. The molecule has 98 valence electrons. The van der Waals surface area contributed by atoms with E-state index in [1.165, 1.54) is 42.5 Å². The van der Waals surface area contributed by atoms with Crippen molar-refractivity contribution in [3.05, 3.63) is 64.0 Å². The summed E-state index contributed by atoms with van der Waals surface area (Å²) in [7, 11) is 0. The Bertz CT molecular complexity index is 615. The van der Waals surface area contributed by atoms with Crippen LogP contribution in [0.15, 0.2) is 42.5 Å². The van der Waals surface area contributed by atoms with Crippen LogP contribution in [0.25, 0.3) is 0 Å². The zero-order chi connectivity index (χ0) is 13.8. The minimum atomic E-state index is -0.592. The van der Waals surface area contributed by atoms with Gasteiger partial charge in [-0.3, -0.25) is 10.1 Å². The first kappa shape index (κ1) is 13.0. The largest absolute Gasteiger partial charge is 0.457 e. The van der Waals surface area contributed by atoms with Crippen LogP contribution in [0.3, 0.4) is 0 Å². The molecule has 0 saturated heterocycles. The molecule has 0 heterocycles. The Morgan fingerprint density at radius 1 is 1.26 bits per heavy atom. The average Bonchev–Trinajstić information content (AvgIpc) is 2.39. The zero-order valence-corrected chi connectivity index (χ0v) is 9.75. The van der Waals surface area contributed by atoms with E-state index in [0.29, 0.717) is 0 Å². The van der Waals surface area contributed by atoms with E-state index in [1.54, 1.807) is 0 Å². The van der Waals surface area contributed by atoms with Crippen molar-refractivity contribution >= 4 is 5.69 Å². The van der Waals surface area contributed by atoms with E-state index in [-0.39, 0.29) is 22.7 Å². The third kappa shape index (κ3) is 2.86. The number of ether oxygens (including phenoxy) is 1. The van der Waals surface area contributed by atoms with Crippen molar-refractivity contribution in [2.24, 2.45) is 0 Å². The van der Waals surface area contributed by atoms with Gasteiger partial charge in [-0.1, -0.05) is 12.1 Å². The third-order valence-electron chi connectivity index (χ3n) is 2.49. The number of nitro benzene ring substituents is 1. The molecule has 19 heavy (non-hydrogen) atoms. The molecule has 0 saturated carbocycles. The second-order valence-electron chi connectivity index (χ2n) is 3.73. The molecule has 2 aromatic rings. The van der Waals surface area contributed by atoms with Crippen molar-refractivity contribution in [1.82, 2.24) is 0 Å². The molecular weight excluding hydrogens is 253 g/mol. The van der Waals surface area contributed by atoms with Crippen LogP contribution >= 0.6 is 0 Å². The standard InChI is InChI=1S/C13H10FNO4/c14-12-5-2-6-13(11(12)8-16)19-10-4-1-3-9(7-10)15(17)18/h1-7,16H,8H2. The molecule has 0 fully saturated rings. The van der Waals surface area contributed by atoms with E-state index >= 15 is 0 Å². The van der Waals surface area contributed by atoms with Gasteiger partial charge in [0.2, 0.25) is 0 Å². The molecule has 2 aromatic carbocycles. The first-order valence-corrected chi connectivity index (χ1v) is 5.42. The number of halogens is 1. The van der Waals surface area contributed by atoms with Crippen LogP contribution in [0.4, 0.5) is 10.1 Å². The predicted molar refractivity (Wildman–Crippen MR) is 65.5 cm³/mol. The number of non-ortho nitro benzene ring substituents is 1. The summed E-state index contributed by atoms with van der Waals surface area (Å²) in [5.74, 6) is -0.261. The van der Waals surface area contributed by atoms with E-state index < -0.39 is 17.3 Å². The fourth-order valence-electron chi connectivity index (χ4n) is 1.58. The number of rotatable bonds is 4. The Hall–Kier alpha value is -2.47. The summed E-state index contributed by atoms with van der Waals surface area (Å²) in [4.78, 5) is 10.1. The normalized spacial score (nSPS) is 10.2. The van der Waals surface area contributed by atoms with Crippen LogP contribution in [0, 0.1) is 15.9 Å². The van der Waals surface area contributed by atoms with Crippen molar-refractivity contribution < 1.29 is 19.2 Å². The van der Waals surface area contributed by atoms with Gasteiger partial charge < -0.3 is 9.84 Å². The molecule has 0 radical (unpaired) electrons. The highest BCUT2D eigenvalue weighted by Crippen LogP contribution is 2.29. The van der Waals surface area contributed by atoms with Gasteiger partial charge >= 0.3 is 0 Å². The van der Waals surface area contributed by atoms with Gasteiger partial charge in [-0.25, -0.2) is 4.39 Å². The summed E-state index contributed by atoms with van der Waals surface area (Å²) in [5.41, 5.74) is -0.117. The zero-order valence-electron chi connectivity index (χ0n) is 9.75. The lowest BCUT2D eigenvalue weighted by atomic mass is 10.2. The number of nitrogens with zero attached hydrogens (tertiary/aromatic N) is 1. The van der Waals surface area contributed by atoms with Crippen LogP contribution in [0.5, 0.6) is 11.5 Å². The molecule has 6 heteroatoms.